The van der Waals surface area contributed by atoms with Gasteiger partial charge in [-0.25, -0.2) is 4.79 Å². The average Bonchev–Trinajstić information content (AvgIpc) is 3.12. The van der Waals surface area contributed by atoms with E-state index in [1.54, 1.807) is 30.3 Å². The maximum absolute atomic E-state index is 14.1. The number of benzene rings is 3. The molecule has 1 saturated heterocycles. The van der Waals surface area contributed by atoms with Gasteiger partial charge in [0.1, 0.15) is 24.5 Å². The quantitative estimate of drug-likeness (QED) is 0.224. The van der Waals surface area contributed by atoms with E-state index in [2.05, 4.69) is 16.7 Å². The van der Waals surface area contributed by atoms with Crippen LogP contribution >= 0.6 is 0 Å². The van der Waals surface area contributed by atoms with Crippen LogP contribution in [0.2, 0.25) is 0 Å². The zero-order chi connectivity index (χ0) is 33.0. The van der Waals surface area contributed by atoms with Gasteiger partial charge in [0.05, 0.1) is 31.4 Å². The number of rotatable bonds is 13. The van der Waals surface area contributed by atoms with E-state index in [9.17, 15) is 14.4 Å². The van der Waals surface area contributed by atoms with Gasteiger partial charge >= 0.3 is 6.09 Å². The number of pyridine rings is 1. The number of hydrogen-bond donors (Lipinski definition) is 2. The van der Waals surface area contributed by atoms with Crippen LogP contribution < -0.4 is 20.9 Å². The minimum Gasteiger partial charge on any atom is -0.491 e. The van der Waals surface area contributed by atoms with E-state index < -0.39 is 18.1 Å². The number of amides is 1. The van der Waals surface area contributed by atoms with Crippen molar-refractivity contribution >= 4 is 11.9 Å². The number of methoxy groups -OCH3 is 1. The second-order valence-corrected chi connectivity index (χ2v) is 11.3. The van der Waals surface area contributed by atoms with Crippen molar-refractivity contribution in [3.8, 4) is 11.8 Å². The number of aryl methyl sites for hydroxylation is 1. The second-order valence-electron chi connectivity index (χ2n) is 11.3. The molecule has 0 bridgehead atoms. The molecule has 1 aliphatic rings. The summed E-state index contributed by atoms with van der Waals surface area (Å²) >= 11 is 0. The van der Waals surface area contributed by atoms with Crippen LogP contribution in [0.1, 0.15) is 34.7 Å². The second kappa shape index (κ2) is 16.4. The number of morpholine rings is 1. The van der Waals surface area contributed by atoms with E-state index in [4.69, 9.17) is 19.5 Å². The number of nitrogens with one attached hydrogen (secondary N) is 2. The molecule has 242 valence electrons. The highest BCUT2D eigenvalue weighted by Crippen LogP contribution is 2.29. The third-order valence-electron chi connectivity index (χ3n) is 8.18. The number of hydrogen-bond acceptors (Lipinski definition) is 8. The van der Waals surface area contributed by atoms with Gasteiger partial charge in [0.2, 0.25) is 0 Å². The molecule has 10 nitrogen and oxygen atoms in total. The number of nitriles is 1. The lowest BCUT2D eigenvalue weighted by Gasteiger charge is -2.31. The summed E-state index contributed by atoms with van der Waals surface area (Å²) < 4.78 is 18.6. The summed E-state index contributed by atoms with van der Waals surface area (Å²) in [7, 11) is 1.25. The van der Waals surface area contributed by atoms with Crippen LogP contribution in [-0.4, -0.2) is 61.5 Å². The first kappa shape index (κ1) is 33.1. The van der Waals surface area contributed by atoms with Gasteiger partial charge in [-0.2, -0.15) is 5.26 Å². The Balaban J connectivity index is 1.29. The van der Waals surface area contributed by atoms with Crippen molar-refractivity contribution in [3.05, 3.63) is 136 Å². The molecule has 0 radical (unpaired) electrons. The standard InChI is InChI=1S/C37H38N4O6/c1-45-37(44)40-36(35(27-9-4-2-5-10-27)28-11-6-3-7-12-28)33(42)24-41-29(13-8-14-34(41)43)17-20-31-22-39-23-32(47-31)25-46-30-18-15-26(21-38)16-19-30/h2-16,18-19,31-32,35-36,39H,17,20,22-25H2,1H3,(H,40,44)/t31-,32+,36-/m1/s1. The molecule has 0 aliphatic carbocycles. The number of nitrogens with zero attached hydrogens (tertiary/aromatic N) is 2. The maximum atomic E-state index is 14.1. The van der Waals surface area contributed by atoms with Gasteiger partial charge in [0.15, 0.2) is 5.78 Å². The Morgan fingerprint density at radius 1 is 0.936 bits per heavy atom. The van der Waals surface area contributed by atoms with Gasteiger partial charge < -0.3 is 29.4 Å². The molecule has 3 aromatic carbocycles. The van der Waals surface area contributed by atoms with Gasteiger partial charge in [-0.05, 0) is 54.3 Å². The zero-order valence-corrected chi connectivity index (χ0v) is 26.2. The Morgan fingerprint density at radius 2 is 1.60 bits per heavy atom. The molecule has 3 atom stereocenters. The highest BCUT2D eigenvalue weighted by molar-refractivity contribution is 5.89. The first-order valence-corrected chi connectivity index (χ1v) is 15.6. The van der Waals surface area contributed by atoms with Crippen LogP contribution in [-0.2, 0) is 27.2 Å². The fourth-order valence-electron chi connectivity index (χ4n) is 5.81. The first-order valence-electron chi connectivity index (χ1n) is 15.6. The van der Waals surface area contributed by atoms with Crippen LogP contribution in [0.3, 0.4) is 0 Å². The van der Waals surface area contributed by atoms with Crippen molar-refractivity contribution in [3.63, 3.8) is 0 Å². The Kier molecular flexibility index (Phi) is 11.5. The van der Waals surface area contributed by atoms with E-state index in [-0.39, 0.29) is 30.1 Å². The number of carbonyl (C=O) groups excluding carboxylic acids is 2. The lowest BCUT2D eigenvalue weighted by atomic mass is 9.83. The Labute approximate surface area is 273 Å². The van der Waals surface area contributed by atoms with Gasteiger partial charge in [-0.15, -0.1) is 0 Å². The van der Waals surface area contributed by atoms with Gasteiger partial charge in [0, 0.05) is 30.8 Å². The molecule has 47 heavy (non-hydrogen) atoms. The summed E-state index contributed by atoms with van der Waals surface area (Å²) in [6.07, 6.45) is 0.0578. The third-order valence-corrected chi connectivity index (χ3v) is 8.18. The number of ketones is 1. The van der Waals surface area contributed by atoms with Crippen LogP contribution in [0.4, 0.5) is 4.79 Å². The highest BCUT2D eigenvalue weighted by Gasteiger charge is 2.33. The molecule has 0 unspecified atom stereocenters. The van der Waals surface area contributed by atoms with Crippen molar-refractivity contribution in [1.82, 2.24) is 15.2 Å². The Bertz CT molecular complexity index is 1680. The Hall–Kier alpha value is -5.24. The summed E-state index contributed by atoms with van der Waals surface area (Å²) in [6.45, 7) is 1.39. The van der Waals surface area contributed by atoms with Crippen molar-refractivity contribution < 1.29 is 23.8 Å². The zero-order valence-electron chi connectivity index (χ0n) is 26.2. The van der Waals surface area contributed by atoms with E-state index >= 15 is 0 Å². The summed E-state index contributed by atoms with van der Waals surface area (Å²) in [5.74, 6) is -0.190. The molecular weight excluding hydrogens is 596 g/mol. The third kappa shape index (κ3) is 8.94. The van der Waals surface area contributed by atoms with Crippen LogP contribution in [0.15, 0.2) is 108 Å². The molecule has 1 aliphatic heterocycles. The van der Waals surface area contributed by atoms with E-state index in [1.807, 2.05) is 66.7 Å². The van der Waals surface area contributed by atoms with E-state index in [0.29, 0.717) is 49.5 Å². The highest BCUT2D eigenvalue weighted by atomic mass is 16.5. The molecule has 1 fully saturated rings. The first-order chi connectivity index (χ1) is 22.9. The predicted molar refractivity (Wildman–Crippen MR) is 176 cm³/mol. The van der Waals surface area contributed by atoms with Crippen LogP contribution in [0, 0.1) is 11.3 Å². The van der Waals surface area contributed by atoms with E-state index in [0.717, 1.165) is 11.1 Å². The van der Waals surface area contributed by atoms with Crippen LogP contribution in [0.5, 0.6) is 5.75 Å². The van der Waals surface area contributed by atoms with Crippen molar-refractivity contribution in [2.24, 2.45) is 0 Å². The minimum atomic E-state index is -1.00. The molecule has 2 N–H and O–H groups in total. The molecule has 0 spiro atoms. The lowest BCUT2D eigenvalue weighted by molar-refractivity contribution is -0.122. The topological polar surface area (TPSA) is 132 Å². The maximum Gasteiger partial charge on any atom is 0.407 e. The number of carbonyl (C=O) groups is 2. The predicted octanol–water partition coefficient (Wildman–Crippen LogP) is 4.21. The fourth-order valence-corrected chi connectivity index (χ4v) is 5.81. The summed E-state index contributed by atoms with van der Waals surface area (Å²) in [5.41, 5.74) is 2.64. The minimum absolute atomic E-state index is 0.132. The normalized spacial score (nSPS) is 16.5. The molecule has 5 rings (SSSR count). The smallest absolute Gasteiger partial charge is 0.407 e. The SMILES string of the molecule is COC(=O)N[C@H](C(=O)Cn1c(CC[C@@H]2CNC[C@@H](COc3ccc(C#N)cc3)O2)cccc1=O)C(c1ccccc1)c1ccccc1. The van der Waals surface area contributed by atoms with Gasteiger partial charge in [-0.3, -0.25) is 9.59 Å². The van der Waals surface area contributed by atoms with Gasteiger partial charge in [-0.1, -0.05) is 66.7 Å². The van der Waals surface area contributed by atoms with Crippen molar-refractivity contribution in [2.75, 3.05) is 26.8 Å². The summed E-state index contributed by atoms with van der Waals surface area (Å²) in [4.78, 5) is 39.8. The Morgan fingerprint density at radius 3 is 2.23 bits per heavy atom. The molecule has 0 saturated carbocycles. The van der Waals surface area contributed by atoms with Crippen LogP contribution in [0.25, 0.3) is 0 Å². The monoisotopic (exact) mass is 634 g/mol. The summed E-state index contributed by atoms with van der Waals surface area (Å²) in [6, 6.07) is 32.0. The van der Waals surface area contributed by atoms with Gasteiger partial charge in [0.25, 0.3) is 5.56 Å². The lowest BCUT2D eigenvalue weighted by Crippen LogP contribution is -2.48. The van der Waals surface area contributed by atoms with Crippen molar-refractivity contribution in [2.45, 2.75) is 43.6 Å². The molecule has 1 aromatic heterocycles. The van der Waals surface area contributed by atoms with Crippen molar-refractivity contribution in [1.29, 1.82) is 5.26 Å². The molecule has 4 aromatic rings. The molecule has 2 heterocycles. The molecule has 1 amide bonds. The number of alkyl carbamates (subject to hydrolysis) is 1. The number of aromatic nitrogens is 1. The average molecular weight is 635 g/mol. The molecular formula is C37H38N4O6. The van der Waals surface area contributed by atoms with E-state index in [1.165, 1.54) is 17.7 Å². The fraction of sp³-hybridized carbons (Fsp3) is 0.297. The summed E-state index contributed by atoms with van der Waals surface area (Å²) in [5, 5.41) is 15.2. The number of Topliss-reactive ketones (excluding diaryl/α,β-unsaturated/α-hetero) is 1. The number of ether oxygens (including phenoxy) is 3. The molecule has 10 heteroatoms. The largest absolute Gasteiger partial charge is 0.491 e.